The molecule has 1 fully saturated rings. The van der Waals surface area contributed by atoms with Crippen LogP contribution in [0.1, 0.15) is 43.6 Å². The Morgan fingerprint density at radius 2 is 1.58 bits per heavy atom. The van der Waals surface area contributed by atoms with Gasteiger partial charge < -0.3 is 14.6 Å². The molecule has 0 spiro atoms. The molecule has 1 N–H and O–H groups in total. The van der Waals surface area contributed by atoms with E-state index in [1.165, 1.54) is 12.1 Å². The molecule has 1 aromatic heterocycles. The highest BCUT2D eigenvalue weighted by molar-refractivity contribution is 7.98. The Hall–Kier alpha value is -3.07. The summed E-state index contributed by atoms with van der Waals surface area (Å²) in [5.74, 6) is -0.470. The van der Waals surface area contributed by atoms with Gasteiger partial charge in [0.25, 0.3) is 5.91 Å². The van der Waals surface area contributed by atoms with Crippen LogP contribution >= 0.6 is 11.9 Å². The van der Waals surface area contributed by atoms with Crippen molar-refractivity contribution in [2.75, 3.05) is 0 Å². The first-order chi connectivity index (χ1) is 17.1. The number of rotatable bonds is 6. The van der Waals surface area contributed by atoms with Crippen molar-refractivity contribution in [1.82, 2.24) is 9.29 Å². The minimum Gasteiger partial charge on any atom is -0.399 e. The molecule has 0 radical (unpaired) electrons. The number of amides is 1. The summed E-state index contributed by atoms with van der Waals surface area (Å²) in [4.78, 5) is 13.6. The fraction of sp³-hybridized carbons (Fsp3) is 0.250. The van der Waals surface area contributed by atoms with E-state index in [2.05, 4.69) is 55.3 Å². The summed E-state index contributed by atoms with van der Waals surface area (Å²) >= 11 is 1.57. The zero-order valence-corrected chi connectivity index (χ0v) is 21.6. The molecule has 0 atom stereocenters. The smallest absolute Gasteiger partial charge is 0.399 e. The minimum absolute atomic E-state index is 0.176. The van der Waals surface area contributed by atoms with Crippen molar-refractivity contribution in [2.24, 2.45) is 0 Å². The predicted octanol–water partition coefficient (Wildman–Crippen LogP) is 5.57. The summed E-state index contributed by atoms with van der Waals surface area (Å²) in [7, 11) is -0.450. The molecule has 1 aliphatic heterocycles. The lowest BCUT2D eigenvalue weighted by atomic mass is 9.79. The fourth-order valence-corrected chi connectivity index (χ4v) is 4.98. The van der Waals surface area contributed by atoms with E-state index in [4.69, 9.17) is 9.31 Å². The molecule has 4 aromatic rings. The highest BCUT2D eigenvalue weighted by atomic mass is 32.2. The van der Waals surface area contributed by atoms with Crippen LogP contribution in [0.4, 0.5) is 4.39 Å². The van der Waals surface area contributed by atoms with Crippen molar-refractivity contribution in [1.29, 1.82) is 0 Å². The average molecular weight is 502 g/mol. The van der Waals surface area contributed by atoms with Gasteiger partial charge in [0.1, 0.15) is 5.82 Å². The first-order valence-corrected chi connectivity index (χ1v) is 12.7. The number of nitrogens with one attached hydrogen (secondary N) is 1. The average Bonchev–Trinajstić information content (AvgIpc) is 3.32. The van der Waals surface area contributed by atoms with E-state index in [-0.39, 0.29) is 11.7 Å². The number of halogens is 1. The van der Waals surface area contributed by atoms with Gasteiger partial charge in [0, 0.05) is 34.0 Å². The standard InChI is InChI=1S/C28H28BFN2O3S/c1-27(2)28(3,4)35-29(34-27)24-18-32(25-8-6-5-7-23(24)25)36-22-15-11-20(12-16-22)26(33)31-17-19-9-13-21(30)14-10-19/h5-16,18H,17H2,1-4H3,(H,31,33). The van der Waals surface area contributed by atoms with E-state index in [1.807, 2.05) is 36.4 Å². The molecule has 2 heterocycles. The molecule has 3 aromatic carbocycles. The van der Waals surface area contributed by atoms with E-state index in [1.54, 1.807) is 24.1 Å². The van der Waals surface area contributed by atoms with Gasteiger partial charge >= 0.3 is 7.12 Å². The number of benzene rings is 3. The molecule has 1 amide bonds. The van der Waals surface area contributed by atoms with Gasteiger partial charge in [0.15, 0.2) is 0 Å². The minimum atomic E-state index is -0.450. The lowest BCUT2D eigenvalue weighted by Gasteiger charge is -2.32. The lowest BCUT2D eigenvalue weighted by Crippen LogP contribution is -2.41. The molecule has 0 bridgehead atoms. The maximum atomic E-state index is 13.1. The van der Waals surface area contributed by atoms with E-state index in [0.717, 1.165) is 26.8 Å². The molecule has 1 saturated heterocycles. The number of carbonyl (C=O) groups is 1. The summed E-state index contributed by atoms with van der Waals surface area (Å²) in [5, 5.41) is 3.96. The Balaban J connectivity index is 1.32. The SMILES string of the molecule is CC1(C)OB(c2cn(Sc3ccc(C(=O)NCc4ccc(F)cc4)cc3)c3ccccc23)OC1(C)C. The molecule has 0 aliphatic carbocycles. The van der Waals surface area contributed by atoms with E-state index < -0.39 is 18.3 Å². The van der Waals surface area contributed by atoms with Crippen LogP contribution in [0.5, 0.6) is 0 Å². The van der Waals surface area contributed by atoms with Crippen LogP contribution in [0.2, 0.25) is 0 Å². The Kier molecular flexibility index (Phi) is 6.45. The number of aromatic nitrogens is 1. The van der Waals surface area contributed by atoms with Crippen LogP contribution in [0, 0.1) is 5.82 Å². The van der Waals surface area contributed by atoms with Crippen molar-refractivity contribution >= 4 is 41.3 Å². The van der Waals surface area contributed by atoms with Crippen LogP contribution in [0.3, 0.4) is 0 Å². The van der Waals surface area contributed by atoms with Crippen molar-refractivity contribution in [2.45, 2.75) is 50.3 Å². The number of nitrogens with zero attached hydrogens (tertiary/aromatic N) is 1. The van der Waals surface area contributed by atoms with Crippen LogP contribution < -0.4 is 10.8 Å². The predicted molar refractivity (Wildman–Crippen MR) is 143 cm³/mol. The summed E-state index contributed by atoms with van der Waals surface area (Å²) in [5.41, 5.74) is 2.63. The molecule has 5 nitrogen and oxygen atoms in total. The fourth-order valence-electron chi connectivity index (χ4n) is 4.08. The monoisotopic (exact) mass is 502 g/mol. The van der Waals surface area contributed by atoms with Crippen LogP contribution in [0.25, 0.3) is 10.9 Å². The van der Waals surface area contributed by atoms with Crippen LogP contribution in [-0.2, 0) is 15.9 Å². The number of hydrogen-bond acceptors (Lipinski definition) is 4. The molecule has 5 rings (SSSR count). The van der Waals surface area contributed by atoms with Gasteiger partial charge in [-0.1, -0.05) is 30.3 Å². The van der Waals surface area contributed by atoms with Crippen molar-refractivity contribution < 1.29 is 18.5 Å². The first-order valence-electron chi connectivity index (χ1n) is 11.9. The van der Waals surface area contributed by atoms with Gasteiger partial charge in [-0.05, 0) is 87.7 Å². The second-order valence-corrected chi connectivity index (χ2v) is 11.0. The second kappa shape index (κ2) is 9.43. The molecule has 36 heavy (non-hydrogen) atoms. The van der Waals surface area contributed by atoms with Gasteiger partial charge in [-0.3, -0.25) is 8.77 Å². The highest BCUT2D eigenvalue weighted by Gasteiger charge is 2.52. The summed E-state index contributed by atoms with van der Waals surface area (Å²) in [6.45, 7) is 8.56. The van der Waals surface area contributed by atoms with Gasteiger partial charge in [0.2, 0.25) is 0 Å². The number of para-hydroxylation sites is 1. The maximum Gasteiger partial charge on any atom is 0.497 e. The zero-order valence-electron chi connectivity index (χ0n) is 20.7. The van der Waals surface area contributed by atoms with Gasteiger partial charge in [-0.15, -0.1) is 0 Å². The third-order valence-electron chi connectivity index (χ3n) is 6.90. The molecule has 184 valence electrons. The molecule has 8 heteroatoms. The highest BCUT2D eigenvalue weighted by Crippen LogP contribution is 2.37. The van der Waals surface area contributed by atoms with Gasteiger partial charge in [-0.2, -0.15) is 0 Å². The molecule has 0 saturated carbocycles. The lowest BCUT2D eigenvalue weighted by molar-refractivity contribution is 0.00578. The third kappa shape index (κ3) is 4.81. The van der Waals surface area contributed by atoms with Crippen molar-refractivity contribution in [3.63, 3.8) is 0 Å². The van der Waals surface area contributed by atoms with Crippen LogP contribution in [0.15, 0.2) is 83.9 Å². The quantitative estimate of drug-likeness (QED) is 0.351. The Labute approximate surface area is 215 Å². The second-order valence-electron chi connectivity index (χ2n) is 9.94. The maximum absolute atomic E-state index is 13.1. The largest absolute Gasteiger partial charge is 0.497 e. The van der Waals surface area contributed by atoms with Crippen molar-refractivity contribution in [3.8, 4) is 0 Å². The Morgan fingerprint density at radius 3 is 2.25 bits per heavy atom. The van der Waals surface area contributed by atoms with Crippen molar-refractivity contribution in [3.05, 3.63) is 95.9 Å². The summed E-state index contributed by atoms with van der Waals surface area (Å²) < 4.78 is 27.8. The van der Waals surface area contributed by atoms with Gasteiger partial charge in [-0.25, -0.2) is 4.39 Å². The number of hydrogen-bond donors (Lipinski definition) is 1. The van der Waals surface area contributed by atoms with E-state index in [0.29, 0.717) is 12.1 Å². The molecular weight excluding hydrogens is 474 g/mol. The molecule has 0 unspecified atom stereocenters. The van der Waals surface area contributed by atoms with Crippen LogP contribution in [-0.4, -0.2) is 28.2 Å². The van der Waals surface area contributed by atoms with E-state index in [9.17, 15) is 9.18 Å². The Morgan fingerprint density at radius 1 is 0.944 bits per heavy atom. The zero-order chi connectivity index (χ0) is 25.5. The number of carbonyl (C=O) groups excluding carboxylic acids is 1. The molecule has 1 aliphatic rings. The Bertz CT molecular complexity index is 1380. The normalized spacial score (nSPS) is 16.4. The van der Waals surface area contributed by atoms with Gasteiger partial charge in [0.05, 0.1) is 16.7 Å². The van der Waals surface area contributed by atoms with E-state index >= 15 is 0 Å². The summed E-state index contributed by atoms with van der Waals surface area (Å²) in [6.07, 6.45) is 2.07. The topological polar surface area (TPSA) is 52.5 Å². The summed E-state index contributed by atoms with van der Waals surface area (Å²) in [6, 6.07) is 21.8. The first kappa shape index (κ1) is 24.6. The number of fused-ring (bicyclic) bond motifs is 1. The molecular formula is C28H28BFN2O3S. The third-order valence-corrected chi connectivity index (χ3v) is 7.88.